The highest BCUT2D eigenvalue weighted by Gasteiger charge is 2.33. The number of hydrogen-bond donors (Lipinski definition) is 0. The van der Waals surface area contributed by atoms with E-state index in [2.05, 4.69) is 30.7 Å². The van der Waals surface area contributed by atoms with E-state index in [-0.39, 0.29) is 17.8 Å². The SMILES string of the molecule is CC(C)CN1C[C@@H](OCc2cccc(F)c2)CN(C2CCN(C)CC2)CC1=O. The molecule has 0 radical (unpaired) electrons. The molecule has 2 aliphatic heterocycles. The summed E-state index contributed by atoms with van der Waals surface area (Å²) in [6.45, 7) is 9.36. The predicted octanol–water partition coefficient (Wildman–Crippen LogP) is 2.61. The van der Waals surface area contributed by atoms with E-state index in [1.54, 1.807) is 6.07 Å². The fourth-order valence-electron chi connectivity index (χ4n) is 4.21. The number of halogens is 1. The molecule has 0 spiro atoms. The van der Waals surface area contributed by atoms with Crippen LogP contribution in [0, 0.1) is 11.7 Å². The Morgan fingerprint density at radius 3 is 2.64 bits per heavy atom. The van der Waals surface area contributed by atoms with Crippen LogP contribution in [0.25, 0.3) is 0 Å². The third-order valence-corrected chi connectivity index (χ3v) is 5.72. The van der Waals surface area contributed by atoms with E-state index in [1.807, 2.05) is 11.0 Å². The molecule has 0 aromatic heterocycles. The van der Waals surface area contributed by atoms with E-state index in [1.165, 1.54) is 12.1 Å². The van der Waals surface area contributed by atoms with Crippen LogP contribution in [0.15, 0.2) is 24.3 Å². The first-order valence-electron chi connectivity index (χ1n) is 10.5. The Morgan fingerprint density at radius 1 is 1.21 bits per heavy atom. The Balaban J connectivity index is 1.68. The quantitative estimate of drug-likeness (QED) is 0.747. The summed E-state index contributed by atoms with van der Waals surface area (Å²) in [5.41, 5.74) is 0.830. The van der Waals surface area contributed by atoms with Gasteiger partial charge in [0.05, 0.1) is 19.3 Å². The second-order valence-electron chi connectivity index (χ2n) is 8.72. The van der Waals surface area contributed by atoms with Crippen molar-refractivity contribution < 1.29 is 13.9 Å². The number of carbonyl (C=O) groups is 1. The second-order valence-corrected chi connectivity index (χ2v) is 8.72. The zero-order valence-electron chi connectivity index (χ0n) is 17.4. The van der Waals surface area contributed by atoms with Crippen LogP contribution in [-0.2, 0) is 16.1 Å². The van der Waals surface area contributed by atoms with Gasteiger partial charge in [0.25, 0.3) is 0 Å². The lowest BCUT2D eigenvalue weighted by Crippen LogP contribution is -2.47. The maximum atomic E-state index is 13.5. The van der Waals surface area contributed by atoms with Crippen molar-refractivity contribution in [2.24, 2.45) is 5.92 Å². The predicted molar refractivity (Wildman–Crippen MR) is 108 cm³/mol. The minimum Gasteiger partial charge on any atom is -0.370 e. The van der Waals surface area contributed by atoms with Gasteiger partial charge in [0.2, 0.25) is 5.91 Å². The highest BCUT2D eigenvalue weighted by molar-refractivity contribution is 5.78. The van der Waals surface area contributed by atoms with Crippen LogP contribution in [-0.4, -0.2) is 79.1 Å². The molecular formula is C22H34FN3O2. The molecule has 0 aliphatic carbocycles. The molecule has 0 bridgehead atoms. The summed E-state index contributed by atoms with van der Waals surface area (Å²) in [6.07, 6.45) is 2.11. The molecule has 156 valence electrons. The monoisotopic (exact) mass is 391 g/mol. The van der Waals surface area contributed by atoms with Gasteiger partial charge in [-0.2, -0.15) is 0 Å². The van der Waals surface area contributed by atoms with Crippen molar-refractivity contribution in [3.63, 3.8) is 0 Å². The number of benzene rings is 1. The molecule has 2 saturated heterocycles. The van der Waals surface area contributed by atoms with Crippen LogP contribution in [0.3, 0.4) is 0 Å². The summed E-state index contributed by atoms with van der Waals surface area (Å²) in [4.78, 5) is 19.5. The molecule has 5 nitrogen and oxygen atoms in total. The van der Waals surface area contributed by atoms with Gasteiger partial charge in [0.15, 0.2) is 0 Å². The topological polar surface area (TPSA) is 36.0 Å². The smallest absolute Gasteiger partial charge is 0.236 e. The lowest BCUT2D eigenvalue weighted by molar-refractivity contribution is -0.132. The first-order chi connectivity index (χ1) is 13.4. The molecule has 0 saturated carbocycles. The van der Waals surface area contributed by atoms with Crippen molar-refractivity contribution in [2.45, 2.75) is 45.4 Å². The number of likely N-dealkylation sites (tertiary alicyclic amines) is 1. The molecule has 28 heavy (non-hydrogen) atoms. The Bertz CT molecular complexity index is 646. The van der Waals surface area contributed by atoms with Crippen LogP contribution in [0.2, 0.25) is 0 Å². The Labute approximate surface area is 168 Å². The Kier molecular flexibility index (Phi) is 7.43. The minimum atomic E-state index is -0.244. The minimum absolute atomic E-state index is 0.0619. The fraction of sp³-hybridized carbons (Fsp3) is 0.682. The summed E-state index contributed by atoms with van der Waals surface area (Å²) >= 11 is 0. The normalized spacial score (nSPS) is 23.4. The van der Waals surface area contributed by atoms with Gasteiger partial charge in [-0.25, -0.2) is 4.39 Å². The molecule has 1 atom stereocenters. The summed E-state index contributed by atoms with van der Waals surface area (Å²) < 4.78 is 19.7. The number of carbonyl (C=O) groups excluding carboxylic acids is 1. The molecule has 1 aromatic rings. The molecule has 2 fully saturated rings. The fourth-order valence-corrected chi connectivity index (χ4v) is 4.21. The molecular weight excluding hydrogens is 357 g/mol. The number of rotatable bonds is 6. The van der Waals surface area contributed by atoms with Gasteiger partial charge in [-0.3, -0.25) is 9.69 Å². The van der Waals surface area contributed by atoms with Gasteiger partial charge in [-0.1, -0.05) is 26.0 Å². The van der Waals surface area contributed by atoms with E-state index in [0.29, 0.717) is 31.7 Å². The molecule has 0 unspecified atom stereocenters. The highest BCUT2D eigenvalue weighted by Crippen LogP contribution is 2.20. The molecule has 3 rings (SSSR count). The van der Waals surface area contributed by atoms with E-state index in [0.717, 1.165) is 44.6 Å². The van der Waals surface area contributed by atoms with Crippen molar-refractivity contribution >= 4 is 5.91 Å². The average molecular weight is 392 g/mol. The number of amides is 1. The average Bonchev–Trinajstić information content (AvgIpc) is 2.79. The van der Waals surface area contributed by atoms with Gasteiger partial charge in [-0.15, -0.1) is 0 Å². The van der Waals surface area contributed by atoms with Crippen LogP contribution < -0.4 is 0 Å². The lowest BCUT2D eigenvalue weighted by Gasteiger charge is -2.37. The third kappa shape index (κ3) is 6.00. The summed E-state index contributed by atoms with van der Waals surface area (Å²) in [6, 6.07) is 6.98. The van der Waals surface area contributed by atoms with Gasteiger partial charge < -0.3 is 14.5 Å². The molecule has 1 amide bonds. The Morgan fingerprint density at radius 2 is 1.96 bits per heavy atom. The van der Waals surface area contributed by atoms with Crippen molar-refractivity contribution in [2.75, 3.05) is 46.3 Å². The zero-order chi connectivity index (χ0) is 20.1. The number of hydrogen-bond acceptors (Lipinski definition) is 4. The lowest BCUT2D eigenvalue weighted by atomic mass is 10.0. The standard InChI is InChI=1S/C22H34FN3O2/c1-17(2)12-26-14-21(28-16-18-5-4-6-19(23)11-18)13-25(15-22(26)27)20-7-9-24(3)10-8-20/h4-6,11,17,20-21H,7-10,12-16H2,1-3H3/t21-/m0/s1. The van der Waals surface area contributed by atoms with Crippen molar-refractivity contribution in [1.82, 2.24) is 14.7 Å². The maximum Gasteiger partial charge on any atom is 0.236 e. The number of nitrogens with zero attached hydrogens (tertiary/aromatic N) is 3. The van der Waals surface area contributed by atoms with Crippen LogP contribution in [0.4, 0.5) is 4.39 Å². The van der Waals surface area contributed by atoms with Crippen molar-refractivity contribution in [3.05, 3.63) is 35.6 Å². The van der Waals surface area contributed by atoms with E-state index < -0.39 is 0 Å². The number of piperidine rings is 1. The van der Waals surface area contributed by atoms with Gasteiger partial charge in [0.1, 0.15) is 5.82 Å². The van der Waals surface area contributed by atoms with E-state index in [4.69, 9.17) is 4.74 Å². The summed E-state index contributed by atoms with van der Waals surface area (Å²) in [7, 11) is 2.15. The first kappa shape index (κ1) is 21.2. The van der Waals surface area contributed by atoms with Gasteiger partial charge in [-0.05, 0) is 56.6 Å². The Hall–Kier alpha value is -1.50. The van der Waals surface area contributed by atoms with Crippen molar-refractivity contribution in [1.29, 1.82) is 0 Å². The van der Waals surface area contributed by atoms with Crippen LogP contribution in [0.1, 0.15) is 32.3 Å². The number of ether oxygens (including phenoxy) is 1. The van der Waals surface area contributed by atoms with E-state index >= 15 is 0 Å². The maximum absolute atomic E-state index is 13.5. The molecule has 2 heterocycles. The third-order valence-electron chi connectivity index (χ3n) is 5.72. The summed E-state index contributed by atoms with van der Waals surface area (Å²) in [5, 5.41) is 0. The van der Waals surface area contributed by atoms with Gasteiger partial charge in [0, 0.05) is 25.7 Å². The highest BCUT2D eigenvalue weighted by atomic mass is 19.1. The molecule has 2 aliphatic rings. The second kappa shape index (κ2) is 9.81. The largest absolute Gasteiger partial charge is 0.370 e. The van der Waals surface area contributed by atoms with Crippen LogP contribution >= 0.6 is 0 Å². The van der Waals surface area contributed by atoms with Crippen LogP contribution in [0.5, 0.6) is 0 Å². The molecule has 6 heteroatoms. The van der Waals surface area contributed by atoms with Crippen molar-refractivity contribution in [3.8, 4) is 0 Å². The first-order valence-corrected chi connectivity index (χ1v) is 10.5. The zero-order valence-corrected chi connectivity index (χ0v) is 17.4. The van der Waals surface area contributed by atoms with Gasteiger partial charge >= 0.3 is 0 Å². The summed E-state index contributed by atoms with van der Waals surface area (Å²) in [5.74, 6) is 0.374. The molecule has 0 N–H and O–H groups in total. The van der Waals surface area contributed by atoms with E-state index in [9.17, 15) is 9.18 Å². The molecule has 1 aromatic carbocycles.